The van der Waals surface area contributed by atoms with E-state index in [4.69, 9.17) is 4.98 Å². The molecule has 2 unspecified atom stereocenters. The van der Waals surface area contributed by atoms with Gasteiger partial charge in [-0.25, -0.2) is 4.98 Å². The molecule has 0 radical (unpaired) electrons. The zero-order valence-electron chi connectivity index (χ0n) is 16.9. The fraction of sp³-hybridized carbons (Fsp3) is 0.348. The van der Waals surface area contributed by atoms with Crippen LogP contribution in [0.15, 0.2) is 42.5 Å². The largest absolute Gasteiger partial charge is 0.355 e. The highest BCUT2D eigenvalue weighted by Crippen LogP contribution is 2.38. The first-order valence-corrected chi connectivity index (χ1v) is 10.8. The van der Waals surface area contributed by atoms with Crippen molar-refractivity contribution >= 4 is 44.2 Å². The molecular formula is C23H25N3O2S. The number of aromatic nitrogens is 1. The van der Waals surface area contributed by atoms with Crippen molar-refractivity contribution in [3.8, 4) is 0 Å². The Bertz CT molecular complexity index is 1040. The zero-order chi connectivity index (χ0) is 20.5. The third-order valence-corrected chi connectivity index (χ3v) is 6.42. The Hall–Kier alpha value is -2.73. The van der Waals surface area contributed by atoms with Crippen LogP contribution in [0.1, 0.15) is 30.9 Å². The molecule has 2 amide bonds. The van der Waals surface area contributed by atoms with E-state index in [0.29, 0.717) is 17.6 Å². The minimum Gasteiger partial charge on any atom is -0.355 e. The van der Waals surface area contributed by atoms with Crippen LogP contribution in [-0.4, -0.2) is 23.3 Å². The number of anilines is 2. The highest BCUT2D eigenvalue weighted by atomic mass is 32.1. The van der Waals surface area contributed by atoms with E-state index < -0.39 is 0 Å². The number of fused-ring (bicyclic) bond motifs is 1. The van der Waals surface area contributed by atoms with Crippen molar-refractivity contribution in [3.05, 3.63) is 53.6 Å². The minimum absolute atomic E-state index is 0.0587. The molecular weight excluding hydrogens is 382 g/mol. The van der Waals surface area contributed by atoms with Gasteiger partial charge in [-0.1, -0.05) is 48.1 Å². The number of amides is 2. The van der Waals surface area contributed by atoms with Gasteiger partial charge in [-0.2, -0.15) is 0 Å². The third-order valence-electron chi connectivity index (χ3n) is 5.40. The van der Waals surface area contributed by atoms with Gasteiger partial charge in [0.25, 0.3) is 0 Å². The molecule has 0 bridgehead atoms. The Morgan fingerprint density at radius 3 is 2.66 bits per heavy atom. The van der Waals surface area contributed by atoms with Crippen LogP contribution in [0.2, 0.25) is 0 Å². The summed E-state index contributed by atoms with van der Waals surface area (Å²) in [6.07, 6.45) is 1.18. The maximum absolute atomic E-state index is 13.2. The maximum Gasteiger partial charge on any atom is 0.235 e. The fourth-order valence-corrected chi connectivity index (χ4v) is 4.58. The Labute approximate surface area is 174 Å². The van der Waals surface area contributed by atoms with Crippen molar-refractivity contribution in [1.29, 1.82) is 0 Å². The number of thiazole rings is 1. The minimum atomic E-state index is -0.0693. The zero-order valence-corrected chi connectivity index (χ0v) is 17.8. The van der Waals surface area contributed by atoms with Crippen molar-refractivity contribution in [3.63, 3.8) is 0 Å². The number of nitrogens with one attached hydrogen (secondary N) is 1. The van der Waals surface area contributed by atoms with Gasteiger partial charge in [0.2, 0.25) is 11.8 Å². The molecule has 5 nitrogen and oxygen atoms in total. The summed E-state index contributed by atoms with van der Waals surface area (Å²) in [7, 11) is 0. The molecule has 0 spiro atoms. The highest BCUT2D eigenvalue weighted by Gasteiger charge is 2.38. The maximum atomic E-state index is 13.2. The Morgan fingerprint density at radius 1 is 1.21 bits per heavy atom. The monoisotopic (exact) mass is 407 g/mol. The van der Waals surface area contributed by atoms with E-state index in [0.717, 1.165) is 33.5 Å². The van der Waals surface area contributed by atoms with Crippen LogP contribution >= 0.6 is 11.3 Å². The van der Waals surface area contributed by atoms with Crippen molar-refractivity contribution in [2.75, 3.05) is 11.4 Å². The first-order valence-electron chi connectivity index (χ1n) is 9.97. The van der Waals surface area contributed by atoms with Crippen LogP contribution in [0.3, 0.4) is 0 Å². The summed E-state index contributed by atoms with van der Waals surface area (Å²) in [5.41, 5.74) is 3.88. The summed E-state index contributed by atoms with van der Waals surface area (Å²) >= 11 is 1.50. The highest BCUT2D eigenvalue weighted by molar-refractivity contribution is 7.22. The van der Waals surface area contributed by atoms with E-state index in [2.05, 4.69) is 18.3 Å². The second-order valence-electron chi connectivity index (χ2n) is 7.84. The van der Waals surface area contributed by atoms with Gasteiger partial charge in [0.05, 0.1) is 15.9 Å². The van der Waals surface area contributed by atoms with E-state index >= 15 is 0 Å². The van der Waals surface area contributed by atoms with Crippen LogP contribution in [0.25, 0.3) is 10.2 Å². The van der Waals surface area contributed by atoms with Gasteiger partial charge in [0.1, 0.15) is 0 Å². The summed E-state index contributed by atoms with van der Waals surface area (Å²) in [6.45, 7) is 6.46. The molecule has 2 atom stereocenters. The number of nitrogens with zero attached hydrogens (tertiary/aromatic N) is 2. The first kappa shape index (κ1) is 19.6. The van der Waals surface area contributed by atoms with Crippen LogP contribution in [0.4, 0.5) is 10.8 Å². The van der Waals surface area contributed by atoms with Crippen molar-refractivity contribution < 1.29 is 9.59 Å². The Balaban J connectivity index is 1.59. The molecule has 150 valence electrons. The standard InChI is InChI=1S/C23H25N3O2S/c1-14-8-9-19(16(3)12-14)26(23-25-18-6-4-5-7-20(18)29-23)21(27)10-11-24-22(28)17-13-15(17)2/h4-9,12,15,17H,10-11,13H2,1-3H3,(H,24,28). The molecule has 2 aromatic carbocycles. The predicted molar refractivity (Wildman–Crippen MR) is 118 cm³/mol. The number of carbonyl (C=O) groups excluding carboxylic acids is 2. The summed E-state index contributed by atoms with van der Waals surface area (Å²) in [4.78, 5) is 31.7. The van der Waals surface area contributed by atoms with Gasteiger partial charge in [0, 0.05) is 18.9 Å². The number of rotatable bonds is 6. The predicted octanol–water partition coefficient (Wildman–Crippen LogP) is 4.74. The number of aryl methyl sites for hydroxylation is 2. The third kappa shape index (κ3) is 4.17. The molecule has 0 aliphatic heterocycles. The van der Waals surface area contributed by atoms with Crippen LogP contribution < -0.4 is 10.2 Å². The van der Waals surface area contributed by atoms with Gasteiger partial charge in [-0.15, -0.1) is 0 Å². The molecule has 4 rings (SSSR count). The lowest BCUT2D eigenvalue weighted by Gasteiger charge is -2.22. The van der Waals surface area contributed by atoms with E-state index in [-0.39, 0.29) is 24.2 Å². The molecule has 6 heteroatoms. The molecule has 1 aliphatic rings. The molecule has 1 aromatic heterocycles. The summed E-state index contributed by atoms with van der Waals surface area (Å²) in [5, 5.41) is 3.57. The van der Waals surface area contributed by atoms with Gasteiger partial charge in [-0.05, 0) is 49.9 Å². The molecule has 29 heavy (non-hydrogen) atoms. The van der Waals surface area contributed by atoms with Gasteiger partial charge in [-0.3, -0.25) is 14.5 Å². The quantitative estimate of drug-likeness (QED) is 0.642. The SMILES string of the molecule is Cc1ccc(N(C(=O)CCNC(=O)C2CC2C)c2nc3ccccc3s2)c(C)c1. The van der Waals surface area contributed by atoms with E-state index in [1.807, 2.05) is 50.2 Å². The van der Waals surface area contributed by atoms with E-state index in [9.17, 15) is 9.59 Å². The second-order valence-corrected chi connectivity index (χ2v) is 8.85. The average Bonchev–Trinajstić information content (AvgIpc) is 3.26. The molecule has 3 aromatic rings. The number of hydrogen-bond acceptors (Lipinski definition) is 4. The number of carbonyl (C=O) groups is 2. The number of benzene rings is 2. The normalized spacial score (nSPS) is 17.9. The first-order chi connectivity index (χ1) is 13.9. The lowest BCUT2D eigenvalue weighted by atomic mass is 10.1. The second kappa shape index (κ2) is 7.95. The van der Waals surface area contributed by atoms with Crippen LogP contribution in [0, 0.1) is 25.7 Å². The van der Waals surface area contributed by atoms with Gasteiger partial charge in [0.15, 0.2) is 5.13 Å². The van der Waals surface area contributed by atoms with Crippen molar-refractivity contribution in [1.82, 2.24) is 10.3 Å². The Morgan fingerprint density at radius 2 is 1.97 bits per heavy atom. The molecule has 1 aliphatic carbocycles. The summed E-state index contributed by atoms with van der Waals surface area (Å²) in [5.74, 6) is 0.563. The molecule has 1 saturated carbocycles. The number of hydrogen-bond donors (Lipinski definition) is 1. The van der Waals surface area contributed by atoms with Crippen LogP contribution in [0.5, 0.6) is 0 Å². The van der Waals surface area contributed by atoms with Gasteiger partial charge < -0.3 is 5.32 Å². The summed E-state index contributed by atoms with van der Waals surface area (Å²) < 4.78 is 1.04. The number of para-hydroxylation sites is 1. The van der Waals surface area contributed by atoms with Crippen molar-refractivity contribution in [2.45, 2.75) is 33.6 Å². The van der Waals surface area contributed by atoms with Crippen LogP contribution in [-0.2, 0) is 9.59 Å². The smallest absolute Gasteiger partial charge is 0.235 e. The molecule has 1 fully saturated rings. The molecule has 0 saturated heterocycles. The molecule has 1 N–H and O–H groups in total. The fourth-order valence-electron chi connectivity index (χ4n) is 3.58. The van der Waals surface area contributed by atoms with E-state index in [1.54, 1.807) is 4.90 Å². The van der Waals surface area contributed by atoms with Crippen molar-refractivity contribution in [2.24, 2.45) is 11.8 Å². The average molecular weight is 408 g/mol. The Kier molecular flexibility index (Phi) is 5.37. The lowest BCUT2D eigenvalue weighted by molar-refractivity contribution is -0.122. The van der Waals surface area contributed by atoms with Gasteiger partial charge >= 0.3 is 0 Å². The van der Waals surface area contributed by atoms with E-state index in [1.165, 1.54) is 11.3 Å². The molecule has 1 heterocycles. The lowest BCUT2D eigenvalue weighted by Crippen LogP contribution is -2.33. The summed E-state index contributed by atoms with van der Waals surface area (Å²) in [6, 6.07) is 13.9. The topological polar surface area (TPSA) is 62.3 Å².